The molecule has 3 aliphatic rings. The maximum absolute atomic E-state index is 11.6. The number of allylic oxidation sites excluding steroid dienone is 1. The van der Waals surface area contributed by atoms with E-state index in [1.165, 1.54) is 31.3 Å². The van der Waals surface area contributed by atoms with Crippen LogP contribution in [0.15, 0.2) is 11.6 Å². The van der Waals surface area contributed by atoms with Crippen LogP contribution in [-0.4, -0.2) is 12.6 Å². The van der Waals surface area contributed by atoms with Crippen LogP contribution in [0.2, 0.25) is 0 Å². The first-order valence-electron chi connectivity index (χ1n) is 7.28. The van der Waals surface area contributed by atoms with Crippen LogP contribution in [0, 0.1) is 22.7 Å². The molecule has 3 unspecified atom stereocenters. The smallest absolute Gasteiger partial charge is 0.306 e. The Morgan fingerprint density at radius 3 is 2.83 bits per heavy atom. The van der Waals surface area contributed by atoms with Crippen LogP contribution in [0.3, 0.4) is 0 Å². The molecule has 0 radical (unpaired) electrons. The summed E-state index contributed by atoms with van der Waals surface area (Å²) in [5.74, 6) is 1.16. The fourth-order valence-corrected chi connectivity index (χ4v) is 4.92. The van der Waals surface area contributed by atoms with Gasteiger partial charge in [-0.1, -0.05) is 33.3 Å². The molecule has 1 aliphatic heterocycles. The molecule has 3 atom stereocenters. The summed E-state index contributed by atoms with van der Waals surface area (Å²) in [5, 5.41) is 0. The molecule has 1 saturated heterocycles. The van der Waals surface area contributed by atoms with Gasteiger partial charge in [-0.25, -0.2) is 0 Å². The van der Waals surface area contributed by atoms with Crippen molar-refractivity contribution < 1.29 is 9.53 Å². The third kappa shape index (κ3) is 1.64. The van der Waals surface area contributed by atoms with Crippen molar-refractivity contribution >= 4 is 5.97 Å². The largest absolute Gasteiger partial charge is 0.461 e. The van der Waals surface area contributed by atoms with Gasteiger partial charge in [0.1, 0.15) is 6.61 Å². The summed E-state index contributed by atoms with van der Waals surface area (Å²) in [6, 6.07) is 0. The van der Waals surface area contributed by atoms with Gasteiger partial charge in [-0.05, 0) is 47.5 Å². The van der Waals surface area contributed by atoms with Gasteiger partial charge in [-0.2, -0.15) is 0 Å². The van der Waals surface area contributed by atoms with E-state index in [0.717, 1.165) is 5.92 Å². The summed E-state index contributed by atoms with van der Waals surface area (Å²) >= 11 is 0. The maximum atomic E-state index is 11.6. The first-order chi connectivity index (χ1) is 8.43. The number of esters is 1. The van der Waals surface area contributed by atoms with Crippen molar-refractivity contribution in [1.29, 1.82) is 0 Å². The van der Waals surface area contributed by atoms with Gasteiger partial charge >= 0.3 is 5.97 Å². The van der Waals surface area contributed by atoms with E-state index < -0.39 is 0 Å². The minimum absolute atomic E-state index is 0.00223. The molecular weight excluding hydrogens is 224 g/mol. The zero-order valence-corrected chi connectivity index (χ0v) is 11.8. The lowest BCUT2D eigenvalue weighted by atomic mass is 9.48. The number of ether oxygens (including phenoxy) is 1. The molecule has 2 fully saturated rings. The fraction of sp³-hybridized carbons (Fsp3) is 0.812. The molecule has 0 aromatic heterocycles. The molecule has 0 N–H and O–H groups in total. The van der Waals surface area contributed by atoms with E-state index in [4.69, 9.17) is 4.74 Å². The molecule has 3 rings (SSSR count). The van der Waals surface area contributed by atoms with Crippen molar-refractivity contribution in [2.45, 2.75) is 52.9 Å². The van der Waals surface area contributed by atoms with Gasteiger partial charge in [0, 0.05) is 0 Å². The second-order valence-electron chi connectivity index (χ2n) is 7.33. The molecule has 1 saturated carbocycles. The zero-order valence-electron chi connectivity index (χ0n) is 11.8. The standard InChI is InChI=1S/C16H24O2/c1-15(2)7-4-8-16(3)12-9-14(17)18-10-11(12)5-6-13(15)16/h5,12-13H,4,6-10H2,1-3H3. The van der Waals surface area contributed by atoms with Crippen LogP contribution in [0.5, 0.6) is 0 Å². The zero-order chi connectivity index (χ0) is 13.0. The number of hydrogen-bond acceptors (Lipinski definition) is 2. The lowest BCUT2D eigenvalue weighted by molar-refractivity contribution is -0.151. The van der Waals surface area contributed by atoms with Gasteiger partial charge in [0.2, 0.25) is 0 Å². The highest BCUT2D eigenvalue weighted by Crippen LogP contribution is 2.60. The van der Waals surface area contributed by atoms with Crippen LogP contribution in [-0.2, 0) is 9.53 Å². The van der Waals surface area contributed by atoms with E-state index in [0.29, 0.717) is 29.8 Å². The van der Waals surface area contributed by atoms with Gasteiger partial charge in [-0.15, -0.1) is 0 Å². The predicted molar refractivity (Wildman–Crippen MR) is 71.0 cm³/mol. The van der Waals surface area contributed by atoms with Gasteiger partial charge < -0.3 is 4.74 Å². The van der Waals surface area contributed by atoms with Crippen LogP contribution < -0.4 is 0 Å². The highest BCUT2D eigenvalue weighted by molar-refractivity contribution is 5.72. The highest BCUT2D eigenvalue weighted by atomic mass is 16.5. The Kier molecular flexibility index (Phi) is 2.62. The number of carbonyl (C=O) groups excluding carboxylic acids is 1. The van der Waals surface area contributed by atoms with E-state index in [1.807, 2.05) is 0 Å². The summed E-state index contributed by atoms with van der Waals surface area (Å²) < 4.78 is 5.22. The molecule has 0 spiro atoms. The average Bonchev–Trinajstić information content (AvgIpc) is 2.29. The van der Waals surface area contributed by atoms with Crippen LogP contribution in [0.4, 0.5) is 0 Å². The Bertz CT molecular complexity index is 407. The predicted octanol–water partition coefficient (Wildman–Crippen LogP) is 3.71. The first-order valence-corrected chi connectivity index (χ1v) is 7.28. The summed E-state index contributed by atoms with van der Waals surface area (Å²) in [5.41, 5.74) is 2.12. The molecule has 2 nitrogen and oxygen atoms in total. The molecule has 0 bridgehead atoms. The number of hydrogen-bond donors (Lipinski definition) is 0. The molecule has 1 heterocycles. The lowest BCUT2D eigenvalue weighted by Gasteiger charge is -2.57. The van der Waals surface area contributed by atoms with Crippen molar-refractivity contribution in [3.8, 4) is 0 Å². The van der Waals surface area contributed by atoms with Gasteiger partial charge in [0.05, 0.1) is 6.42 Å². The summed E-state index contributed by atoms with van der Waals surface area (Å²) in [4.78, 5) is 11.6. The average molecular weight is 248 g/mol. The Morgan fingerprint density at radius 2 is 2.06 bits per heavy atom. The van der Waals surface area contributed by atoms with Crippen molar-refractivity contribution in [2.75, 3.05) is 6.61 Å². The lowest BCUT2D eigenvalue weighted by Crippen LogP contribution is -2.50. The fourth-order valence-electron chi connectivity index (χ4n) is 4.92. The van der Waals surface area contributed by atoms with Crippen molar-refractivity contribution in [3.05, 3.63) is 11.6 Å². The quantitative estimate of drug-likeness (QED) is 0.482. The molecule has 18 heavy (non-hydrogen) atoms. The molecule has 0 aromatic carbocycles. The third-order valence-corrected chi connectivity index (χ3v) is 5.91. The molecule has 0 amide bonds. The van der Waals surface area contributed by atoms with Crippen molar-refractivity contribution in [1.82, 2.24) is 0 Å². The summed E-state index contributed by atoms with van der Waals surface area (Å²) in [7, 11) is 0. The van der Waals surface area contributed by atoms with Crippen LogP contribution in [0.1, 0.15) is 52.9 Å². The number of carbonyl (C=O) groups is 1. The van der Waals surface area contributed by atoms with E-state index in [9.17, 15) is 4.79 Å². The molecule has 2 heteroatoms. The molecule has 100 valence electrons. The second-order valence-corrected chi connectivity index (χ2v) is 7.33. The van der Waals surface area contributed by atoms with Gasteiger partial charge in [0.15, 0.2) is 0 Å². The normalized spacial score (nSPS) is 42.4. The topological polar surface area (TPSA) is 26.3 Å². The van der Waals surface area contributed by atoms with E-state index in [2.05, 4.69) is 26.8 Å². The molecular formula is C16H24O2. The SMILES string of the molecule is CC1(C)CCCC2(C)C3CC(=O)OCC3=CCC12. The highest BCUT2D eigenvalue weighted by Gasteiger charge is 2.53. The summed E-state index contributed by atoms with van der Waals surface area (Å²) in [6.07, 6.45) is 8.06. The first kappa shape index (κ1) is 12.3. The van der Waals surface area contributed by atoms with Crippen molar-refractivity contribution in [3.63, 3.8) is 0 Å². The van der Waals surface area contributed by atoms with E-state index in [1.54, 1.807) is 0 Å². The van der Waals surface area contributed by atoms with Crippen LogP contribution >= 0.6 is 0 Å². The Balaban J connectivity index is 1.99. The molecule has 0 aromatic rings. The van der Waals surface area contributed by atoms with E-state index in [-0.39, 0.29) is 5.97 Å². The Labute approximate surface area is 110 Å². The Hall–Kier alpha value is -0.790. The molecule has 2 aliphatic carbocycles. The number of rotatable bonds is 0. The van der Waals surface area contributed by atoms with Crippen LogP contribution in [0.25, 0.3) is 0 Å². The van der Waals surface area contributed by atoms with Gasteiger partial charge in [-0.3, -0.25) is 4.79 Å². The second kappa shape index (κ2) is 3.85. The minimum Gasteiger partial charge on any atom is -0.461 e. The van der Waals surface area contributed by atoms with Gasteiger partial charge in [0.25, 0.3) is 0 Å². The van der Waals surface area contributed by atoms with Crippen molar-refractivity contribution in [2.24, 2.45) is 22.7 Å². The summed E-state index contributed by atoms with van der Waals surface area (Å²) in [6.45, 7) is 7.80. The number of cyclic esters (lactones) is 1. The third-order valence-electron chi connectivity index (χ3n) is 5.91. The van der Waals surface area contributed by atoms with E-state index >= 15 is 0 Å². The maximum Gasteiger partial charge on any atom is 0.306 e. The number of fused-ring (bicyclic) bond motifs is 3. The monoisotopic (exact) mass is 248 g/mol. The minimum atomic E-state index is 0.00223. The Morgan fingerprint density at radius 1 is 1.28 bits per heavy atom.